The number of rotatable bonds is 5. The molecule has 0 saturated carbocycles. The maximum absolute atomic E-state index is 2.71. The molecule has 8 aliphatic carbocycles. The van der Waals surface area contributed by atoms with Gasteiger partial charge in [0.1, 0.15) is 0 Å². The fourth-order valence-electron chi connectivity index (χ4n) is 12.4. The molecule has 0 saturated heterocycles. The molecule has 0 N–H and O–H groups in total. The molecule has 0 aliphatic heterocycles. The molecule has 59 heavy (non-hydrogen) atoms. The molecule has 0 bridgehead atoms. The lowest BCUT2D eigenvalue weighted by molar-refractivity contribution is 0.646. The first kappa shape index (κ1) is 35.1. The smallest absolute Gasteiger partial charge is 0.0716 e. The lowest BCUT2D eigenvalue weighted by Crippen LogP contribution is -2.35. The summed E-state index contributed by atoms with van der Waals surface area (Å²) in [6, 6.07) is 36.9. The third-order valence-corrected chi connectivity index (χ3v) is 15.0. The molecular formula is C58H51N. The van der Waals surface area contributed by atoms with E-state index in [1.807, 2.05) is 0 Å². The Balaban J connectivity index is 1.01. The molecule has 0 fully saturated rings. The minimum absolute atomic E-state index is 0.0440. The van der Waals surface area contributed by atoms with Crippen LogP contribution < -0.4 is 4.90 Å². The number of allylic oxidation sites excluding steroid dienone is 17. The number of anilines is 1. The quantitative estimate of drug-likeness (QED) is 0.196. The van der Waals surface area contributed by atoms with E-state index in [9.17, 15) is 0 Å². The topological polar surface area (TPSA) is 3.24 Å². The van der Waals surface area contributed by atoms with E-state index in [1.54, 1.807) is 27.9 Å². The van der Waals surface area contributed by atoms with Crippen molar-refractivity contribution in [1.29, 1.82) is 0 Å². The van der Waals surface area contributed by atoms with Crippen molar-refractivity contribution in [1.82, 2.24) is 0 Å². The second kappa shape index (κ2) is 13.3. The summed E-state index contributed by atoms with van der Waals surface area (Å²) < 4.78 is 0. The molecule has 4 aromatic carbocycles. The Hall–Kier alpha value is -5.92. The van der Waals surface area contributed by atoms with Gasteiger partial charge in [-0.1, -0.05) is 153 Å². The van der Waals surface area contributed by atoms with Crippen LogP contribution in [0, 0.1) is 0 Å². The first-order chi connectivity index (χ1) is 29.0. The van der Waals surface area contributed by atoms with Crippen molar-refractivity contribution >= 4 is 16.8 Å². The normalized spacial score (nSPS) is 23.7. The van der Waals surface area contributed by atoms with Gasteiger partial charge in [0.15, 0.2) is 0 Å². The second-order valence-electron chi connectivity index (χ2n) is 18.4. The van der Waals surface area contributed by atoms with E-state index in [-0.39, 0.29) is 16.9 Å². The van der Waals surface area contributed by atoms with E-state index in [4.69, 9.17) is 0 Å². The van der Waals surface area contributed by atoms with Crippen LogP contribution in [0.15, 0.2) is 203 Å². The Kier molecular flexibility index (Phi) is 7.90. The minimum atomic E-state index is -0.239. The van der Waals surface area contributed by atoms with Gasteiger partial charge in [0.25, 0.3) is 0 Å². The summed E-state index contributed by atoms with van der Waals surface area (Å²) in [5.74, 6) is 0.383. The van der Waals surface area contributed by atoms with E-state index < -0.39 is 0 Å². The van der Waals surface area contributed by atoms with Crippen molar-refractivity contribution in [2.45, 2.75) is 88.0 Å². The maximum atomic E-state index is 2.71. The minimum Gasteiger partial charge on any atom is -0.334 e. The maximum Gasteiger partial charge on any atom is 0.0716 e. The van der Waals surface area contributed by atoms with Gasteiger partial charge >= 0.3 is 0 Å². The summed E-state index contributed by atoms with van der Waals surface area (Å²) in [6.07, 6.45) is 36.1. The predicted octanol–water partition coefficient (Wildman–Crippen LogP) is 14.5. The third-order valence-electron chi connectivity index (χ3n) is 15.0. The molecule has 1 heteroatoms. The van der Waals surface area contributed by atoms with Crippen LogP contribution >= 0.6 is 0 Å². The van der Waals surface area contributed by atoms with E-state index in [0.717, 1.165) is 51.4 Å². The van der Waals surface area contributed by atoms with E-state index in [0.29, 0.717) is 5.92 Å². The van der Waals surface area contributed by atoms with Crippen LogP contribution in [0.2, 0.25) is 0 Å². The van der Waals surface area contributed by atoms with E-state index >= 15 is 0 Å². The Morgan fingerprint density at radius 3 is 1.92 bits per heavy atom. The monoisotopic (exact) mass is 761 g/mol. The van der Waals surface area contributed by atoms with Gasteiger partial charge in [0.05, 0.1) is 11.5 Å². The molecule has 1 nitrogen and oxygen atoms in total. The first-order valence-electron chi connectivity index (χ1n) is 22.2. The molecule has 12 rings (SSSR count). The average Bonchev–Trinajstić information content (AvgIpc) is 3.85. The van der Waals surface area contributed by atoms with Gasteiger partial charge < -0.3 is 4.90 Å². The molecule has 1 spiro atoms. The number of nitrogens with zero attached hydrogens (tertiary/aromatic N) is 1. The number of hydrogen-bond acceptors (Lipinski definition) is 1. The lowest BCUT2D eigenvalue weighted by atomic mass is 9.66. The van der Waals surface area contributed by atoms with E-state index in [2.05, 4.69) is 183 Å². The van der Waals surface area contributed by atoms with Crippen LogP contribution in [0.5, 0.6) is 0 Å². The van der Waals surface area contributed by atoms with Gasteiger partial charge in [0, 0.05) is 22.7 Å². The largest absolute Gasteiger partial charge is 0.334 e. The number of hydrogen-bond donors (Lipinski definition) is 0. The Bertz CT molecular complexity index is 2740. The summed E-state index contributed by atoms with van der Waals surface area (Å²) in [4.78, 5) is 2.71. The zero-order valence-electron chi connectivity index (χ0n) is 34.3. The number of fused-ring (bicyclic) bond motifs is 9. The Morgan fingerprint density at radius 2 is 1.22 bits per heavy atom. The van der Waals surface area contributed by atoms with Crippen LogP contribution in [0.3, 0.4) is 0 Å². The predicted molar refractivity (Wildman–Crippen MR) is 247 cm³/mol. The Morgan fingerprint density at radius 1 is 0.542 bits per heavy atom. The van der Waals surface area contributed by atoms with Crippen molar-refractivity contribution in [2.75, 3.05) is 4.90 Å². The zero-order valence-corrected chi connectivity index (χ0v) is 34.3. The third kappa shape index (κ3) is 5.10. The summed E-state index contributed by atoms with van der Waals surface area (Å²) in [6.45, 7) is 4.84. The first-order valence-corrected chi connectivity index (χ1v) is 22.2. The molecule has 288 valence electrons. The molecular weight excluding hydrogens is 711 g/mol. The van der Waals surface area contributed by atoms with Gasteiger partial charge in [-0.25, -0.2) is 0 Å². The van der Waals surface area contributed by atoms with Crippen molar-refractivity contribution < 1.29 is 0 Å². The highest BCUT2D eigenvalue weighted by molar-refractivity contribution is 5.93. The van der Waals surface area contributed by atoms with Gasteiger partial charge in [-0.2, -0.15) is 0 Å². The molecule has 0 amide bonds. The van der Waals surface area contributed by atoms with Crippen LogP contribution in [0.1, 0.15) is 98.9 Å². The zero-order chi connectivity index (χ0) is 39.3. The highest BCUT2D eigenvalue weighted by atomic mass is 15.2. The molecule has 4 aromatic rings. The fraction of sp³-hybridized carbons (Fsp3) is 0.241. The van der Waals surface area contributed by atoms with Gasteiger partial charge in [0.2, 0.25) is 0 Å². The van der Waals surface area contributed by atoms with Crippen LogP contribution in [0.25, 0.3) is 22.3 Å². The molecule has 2 atom stereocenters. The van der Waals surface area contributed by atoms with Crippen LogP contribution in [-0.2, 0) is 10.8 Å². The Labute approximate surface area is 350 Å². The number of benzene rings is 4. The average molecular weight is 762 g/mol. The molecule has 8 aliphatic rings. The summed E-state index contributed by atoms with van der Waals surface area (Å²) in [5.41, 5.74) is 24.5. The standard InChI is InChI=1S/C58H51N/c1-57(2)51-33-27-41(39-17-7-4-8-18-39)35-49(51)50-36-43(31-34-52(50)57)59(42-28-25-40(26-29-42)38-15-5-3-6-16-38)44-30-32-48-47-21-11-14-24-55(47)58(56(48)37-44)53-22-12-9-19-45(53)46-20-10-13-23-54(46)58/h3-8,12-18,22-25,27-35,37,40,43H,9-11,19-21,26,36H2,1-2H3. The van der Waals surface area contributed by atoms with Crippen molar-refractivity contribution in [3.63, 3.8) is 0 Å². The highest BCUT2D eigenvalue weighted by Gasteiger charge is 2.54. The molecule has 2 unspecified atom stereocenters. The summed E-state index contributed by atoms with van der Waals surface area (Å²) in [5, 5.41) is 0. The summed E-state index contributed by atoms with van der Waals surface area (Å²) >= 11 is 0. The summed E-state index contributed by atoms with van der Waals surface area (Å²) in [7, 11) is 0. The van der Waals surface area contributed by atoms with Crippen LogP contribution in [-0.4, -0.2) is 6.04 Å². The van der Waals surface area contributed by atoms with E-state index in [1.165, 1.54) is 67.0 Å². The lowest BCUT2D eigenvalue weighted by Gasteiger charge is -2.39. The molecule has 0 aromatic heterocycles. The van der Waals surface area contributed by atoms with Crippen molar-refractivity contribution in [3.8, 4) is 11.1 Å². The van der Waals surface area contributed by atoms with Crippen LogP contribution in [0.4, 0.5) is 5.69 Å². The van der Waals surface area contributed by atoms with Gasteiger partial charge in [-0.15, -0.1) is 0 Å². The van der Waals surface area contributed by atoms with Crippen molar-refractivity contribution in [2.24, 2.45) is 0 Å². The molecule has 0 radical (unpaired) electrons. The van der Waals surface area contributed by atoms with Crippen molar-refractivity contribution in [3.05, 3.63) is 231 Å². The fourth-order valence-corrected chi connectivity index (χ4v) is 12.4. The van der Waals surface area contributed by atoms with Gasteiger partial charge in [-0.3, -0.25) is 0 Å². The SMILES string of the molecule is CC1(C)C2=C(CC(N(C3=CCC(c4ccccc4)C=C3)c3ccc4c(c3)C3(C5=C(CCC=C5)C5=C3C=CCC5)C3=C4CCC=C3)C=C2)c2cc(-c3ccccc3)ccc21. The highest BCUT2D eigenvalue weighted by Crippen LogP contribution is 2.65. The van der Waals surface area contributed by atoms with Gasteiger partial charge in [-0.05, 0) is 159 Å². The second-order valence-corrected chi connectivity index (χ2v) is 18.4. The molecule has 0 heterocycles.